The van der Waals surface area contributed by atoms with Crippen molar-refractivity contribution in [3.63, 3.8) is 0 Å². The minimum Gasteiger partial charge on any atom is -0.465 e. The summed E-state index contributed by atoms with van der Waals surface area (Å²) in [6.45, 7) is 10.6. The Hall–Kier alpha value is -0.610. The van der Waals surface area contributed by atoms with Crippen molar-refractivity contribution in [1.29, 1.82) is 0 Å². The van der Waals surface area contributed by atoms with Crippen LogP contribution in [0.4, 0.5) is 0 Å². The molecule has 0 spiro atoms. The summed E-state index contributed by atoms with van der Waals surface area (Å²) < 4.78 is 5.06. The first-order valence-corrected chi connectivity index (χ1v) is 7.60. The highest BCUT2D eigenvalue weighted by Gasteiger charge is 2.34. The van der Waals surface area contributed by atoms with Gasteiger partial charge in [0, 0.05) is 12.6 Å². The molecule has 2 atom stereocenters. The third kappa shape index (κ3) is 5.49. The second kappa shape index (κ2) is 7.25. The zero-order chi connectivity index (χ0) is 14.5. The fourth-order valence-corrected chi connectivity index (χ4v) is 2.53. The largest absolute Gasteiger partial charge is 0.465 e. The number of nitrogens with two attached hydrogens (primary N) is 1. The van der Waals surface area contributed by atoms with Crippen LogP contribution in [0.25, 0.3) is 0 Å². The standard InChI is InChI=1S/C15H30N2O2/c1-5-9-17(11-13-7-8-13)12(3)10-15(4,16)14(18)19-6-2/h12-13H,5-11,16H2,1-4H3. The van der Waals surface area contributed by atoms with Crippen LogP contribution in [0.2, 0.25) is 0 Å². The predicted molar refractivity (Wildman–Crippen MR) is 77.9 cm³/mol. The molecule has 4 heteroatoms. The van der Waals surface area contributed by atoms with Crippen LogP contribution in [0.1, 0.15) is 53.4 Å². The Morgan fingerprint density at radius 3 is 2.58 bits per heavy atom. The van der Waals surface area contributed by atoms with Crippen LogP contribution in [-0.4, -0.2) is 42.1 Å². The van der Waals surface area contributed by atoms with Gasteiger partial charge in [0.05, 0.1) is 6.61 Å². The highest BCUT2D eigenvalue weighted by molar-refractivity contribution is 5.80. The molecule has 19 heavy (non-hydrogen) atoms. The second-order valence-electron chi connectivity index (χ2n) is 6.13. The molecule has 1 saturated carbocycles. The number of esters is 1. The quantitative estimate of drug-likeness (QED) is 0.652. The van der Waals surface area contributed by atoms with E-state index in [-0.39, 0.29) is 5.97 Å². The summed E-state index contributed by atoms with van der Waals surface area (Å²) in [6, 6.07) is 0.319. The maximum atomic E-state index is 11.8. The molecule has 2 unspecified atom stereocenters. The highest BCUT2D eigenvalue weighted by atomic mass is 16.5. The fraction of sp³-hybridized carbons (Fsp3) is 0.933. The van der Waals surface area contributed by atoms with Crippen LogP contribution in [-0.2, 0) is 9.53 Å². The number of carbonyl (C=O) groups excluding carboxylic acids is 1. The number of hydrogen-bond acceptors (Lipinski definition) is 4. The van der Waals surface area contributed by atoms with Crippen molar-refractivity contribution in [2.75, 3.05) is 19.7 Å². The minimum absolute atomic E-state index is 0.287. The Morgan fingerprint density at radius 1 is 1.47 bits per heavy atom. The lowest BCUT2D eigenvalue weighted by Crippen LogP contribution is -2.51. The first-order valence-electron chi connectivity index (χ1n) is 7.60. The molecule has 0 aromatic heterocycles. The van der Waals surface area contributed by atoms with Crippen molar-refractivity contribution in [2.24, 2.45) is 11.7 Å². The molecule has 0 amide bonds. The third-order valence-corrected chi connectivity index (χ3v) is 3.78. The van der Waals surface area contributed by atoms with E-state index in [1.54, 1.807) is 6.92 Å². The van der Waals surface area contributed by atoms with Gasteiger partial charge < -0.3 is 15.4 Å². The summed E-state index contributed by atoms with van der Waals surface area (Å²) in [5.74, 6) is 0.574. The van der Waals surface area contributed by atoms with Crippen LogP contribution in [0.5, 0.6) is 0 Å². The van der Waals surface area contributed by atoms with Gasteiger partial charge >= 0.3 is 5.97 Å². The lowest BCUT2D eigenvalue weighted by Gasteiger charge is -2.33. The van der Waals surface area contributed by atoms with E-state index in [9.17, 15) is 4.79 Å². The average Bonchev–Trinajstić information content (AvgIpc) is 3.12. The van der Waals surface area contributed by atoms with Crippen LogP contribution in [0, 0.1) is 5.92 Å². The molecular formula is C15H30N2O2. The van der Waals surface area contributed by atoms with Crippen LogP contribution in [0.3, 0.4) is 0 Å². The number of nitrogens with zero attached hydrogens (tertiary/aromatic N) is 1. The molecule has 1 fully saturated rings. The molecule has 2 N–H and O–H groups in total. The molecule has 0 bridgehead atoms. The van der Waals surface area contributed by atoms with Gasteiger partial charge in [-0.15, -0.1) is 0 Å². The van der Waals surface area contributed by atoms with E-state index in [4.69, 9.17) is 10.5 Å². The smallest absolute Gasteiger partial charge is 0.325 e. The normalized spacial score (nSPS) is 20.1. The van der Waals surface area contributed by atoms with Crippen molar-refractivity contribution in [3.05, 3.63) is 0 Å². The van der Waals surface area contributed by atoms with Crippen molar-refractivity contribution in [1.82, 2.24) is 4.90 Å². The summed E-state index contributed by atoms with van der Waals surface area (Å²) in [7, 11) is 0. The van der Waals surface area contributed by atoms with E-state index >= 15 is 0 Å². The van der Waals surface area contributed by atoms with Crippen molar-refractivity contribution in [3.8, 4) is 0 Å². The molecule has 0 aromatic carbocycles. The molecule has 112 valence electrons. The number of hydrogen-bond donors (Lipinski definition) is 1. The Balaban J connectivity index is 2.52. The lowest BCUT2D eigenvalue weighted by atomic mass is 9.94. The molecule has 0 aliphatic heterocycles. The van der Waals surface area contributed by atoms with Gasteiger partial charge in [0.25, 0.3) is 0 Å². The maximum absolute atomic E-state index is 11.8. The first-order chi connectivity index (χ1) is 8.90. The Kier molecular flexibility index (Phi) is 6.27. The summed E-state index contributed by atoms with van der Waals surface area (Å²) in [6.07, 6.45) is 4.49. The maximum Gasteiger partial charge on any atom is 0.325 e. The second-order valence-corrected chi connectivity index (χ2v) is 6.13. The van der Waals surface area contributed by atoms with Crippen LogP contribution in [0.15, 0.2) is 0 Å². The molecule has 0 aromatic rings. The van der Waals surface area contributed by atoms with Gasteiger partial charge in [0.1, 0.15) is 5.54 Å². The van der Waals surface area contributed by atoms with E-state index in [2.05, 4.69) is 18.7 Å². The summed E-state index contributed by atoms with van der Waals surface area (Å²) in [5, 5.41) is 0. The number of ether oxygens (including phenoxy) is 1. The molecule has 1 rings (SSSR count). The van der Waals surface area contributed by atoms with Gasteiger partial charge in [-0.05, 0) is 58.9 Å². The molecular weight excluding hydrogens is 240 g/mol. The third-order valence-electron chi connectivity index (χ3n) is 3.78. The van der Waals surface area contributed by atoms with Crippen LogP contribution < -0.4 is 5.73 Å². The Labute approximate surface area is 117 Å². The monoisotopic (exact) mass is 270 g/mol. The van der Waals surface area contributed by atoms with Gasteiger partial charge in [-0.25, -0.2) is 0 Å². The molecule has 1 aliphatic carbocycles. The summed E-state index contributed by atoms with van der Waals surface area (Å²) in [5.41, 5.74) is 5.24. The lowest BCUT2D eigenvalue weighted by molar-refractivity contribution is -0.149. The summed E-state index contributed by atoms with van der Waals surface area (Å²) in [4.78, 5) is 14.3. The van der Waals surface area contributed by atoms with Gasteiger partial charge in [-0.1, -0.05) is 6.92 Å². The van der Waals surface area contributed by atoms with Gasteiger partial charge in [-0.2, -0.15) is 0 Å². The molecule has 0 saturated heterocycles. The molecule has 0 heterocycles. The Morgan fingerprint density at radius 2 is 2.11 bits per heavy atom. The molecule has 0 radical (unpaired) electrons. The fourth-order valence-electron chi connectivity index (χ4n) is 2.53. The van der Waals surface area contributed by atoms with Crippen molar-refractivity contribution < 1.29 is 9.53 Å². The van der Waals surface area contributed by atoms with Crippen molar-refractivity contribution in [2.45, 2.75) is 65.0 Å². The Bertz CT molecular complexity index is 288. The van der Waals surface area contributed by atoms with E-state index in [1.807, 2.05) is 6.92 Å². The van der Waals surface area contributed by atoms with E-state index in [0.717, 1.165) is 25.4 Å². The number of rotatable bonds is 9. The van der Waals surface area contributed by atoms with E-state index in [1.165, 1.54) is 12.8 Å². The summed E-state index contributed by atoms with van der Waals surface area (Å²) >= 11 is 0. The minimum atomic E-state index is -0.884. The topological polar surface area (TPSA) is 55.6 Å². The highest BCUT2D eigenvalue weighted by Crippen LogP contribution is 2.31. The van der Waals surface area contributed by atoms with Gasteiger partial charge in [0.2, 0.25) is 0 Å². The van der Waals surface area contributed by atoms with Gasteiger partial charge in [-0.3, -0.25) is 4.79 Å². The number of carbonyl (C=O) groups is 1. The van der Waals surface area contributed by atoms with E-state index < -0.39 is 5.54 Å². The SMILES string of the molecule is CCCN(CC1CC1)C(C)CC(C)(N)C(=O)OCC. The van der Waals surface area contributed by atoms with Crippen LogP contribution >= 0.6 is 0 Å². The predicted octanol–water partition coefficient (Wildman–Crippen LogP) is 2.17. The van der Waals surface area contributed by atoms with Crippen molar-refractivity contribution >= 4 is 5.97 Å². The van der Waals surface area contributed by atoms with Gasteiger partial charge in [0.15, 0.2) is 0 Å². The first kappa shape index (κ1) is 16.4. The zero-order valence-electron chi connectivity index (χ0n) is 12.9. The molecule has 1 aliphatic rings. The van der Waals surface area contributed by atoms with E-state index in [0.29, 0.717) is 19.1 Å². The average molecular weight is 270 g/mol. The molecule has 4 nitrogen and oxygen atoms in total. The zero-order valence-corrected chi connectivity index (χ0v) is 12.9.